The van der Waals surface area contributed by atoms with Gasteiger partial charge < -0.3 is 15.4 Å². The van der Waals surface area contributed by atoms with Crippen LogP contribution in [0.15, 0.2) is 18.2 Å². The lowest BCUT2D eigenvalue weighted by Crippen LogP contribution is -2.49. The molecule has 0 saturated carbocycles. The zero-order valence-corrected chi connectivity index (χ0v) is 10.6. The smallest absolute Gasteiger partial charge is 0.165 e. The molecule has 1 fully saturated rings. The number of methoxy groups -OCH3 is 1. The first-order chi connectivity index (χ1) is 7.79. The first kappa shape index (κ1) is 14.2. The van der Waals surface area contributed by atoms with Gasteiger partial charge in [0.15, 0.2) is 11.6 Å². The highest BCUT2D eigenvalue weighted by molar-refractivity contribution is 5.85. The van der Waals surface area contributed by atoms with E-state index in [1.54, 1.807) is 6.07 Å². The Morgan fingerprint density at radius 3 is 2.88 bits per heavy atom. The van der Waals surface area contributed by atoms with Gasteiger partial charge in [-0.3, -0.25) is 0 Å². The Labute approximate surface area is 107 Å². The van der Waals surface area contributed by atoms with Crippen LogP contribution in [-0.4, -0.2) is 32.8 Å². The lowest BCUT2D eigenvalue weighted by Gasteiger charge is -2.24. The molecule has 1 saturated heterocycles. The van der Waals surface area contributed by atoms with E-state index in [1.807, 2.05) is 6.07 Å². The summed E-state index contributed by atoms with van der Waals surface area (Å²) in [7, 11) is 1.49. The van der Waals surface area contributed by atoms with Crippen molar-refractivity contribution in [2.24, 2.45) is 0 Å². The fourth-order valence-corrected chi connectivity index (χ4v) is 1.97. The van der Waals surface area contributed by atoms with Gasteiger partial charge in [0.1, 0.15) is 0 Å². The van der Waals surface area contributed by atoms with Crippen LogP contribution < -0.4 is 15.4 Å². The van der Waals surface area contributed by atoms with E-state index < -0.39 is 0 Å². The maximum absolute atomic E-state index is 13.2. The molecule has 1 unspecified atom stereocenters. The summed E-state index contributed by atoms with van der Waals surface area (Å²) in [6, 6.07) is 5.47. The molecule has 0 bridgehead atoms. The molecule has 3 nitrogen and oxygen atoms in total. The molecule has 1 aromatic rings. The highest BCUT2D eigenvalue weighted by Crippen LogP contribution is 2.19. The molecule has 2 rings (SSSR count). The molecule has 0 aliphatic carbocycles. The molecule has 0 aromatic heterocycles. The Morgan fingerprint density at radius 1 is 1.41 bits per heavy atom. The number of piperazine rings is 1. The average molecular weight is 261 g/mol. The number of hydrogen-bond donors (Lipinski definition) is 2. The molecule has 2 N–H and O–H groups in total. The molecular formula is C12H18ClFN2O. The third-order valence-corrected chi connectivity index (χ3v) is 2.82. The Morgan fingerprint density at radius 2 is 2.24 bits per heavy atom. The Kier molecular flexibility index (Phi) is 5.68. The van der Waals surface area contributed by atoms with Gasteiger partial charge in [0.2, 0.25) is 0 Å². The number of nitrogens with one attached hydrogen (secondary N) is 2. The molecule has 17 heavy (non-hydrogen) atoms. The molecule has 1 heterocycles. The first-order valence-electron chi connectivity index (χ1n) is 5.56. The predicted molar refractivity (Wildman–Crippen MR) is 68.6 cm³/mol. The highest BCUT2D eigenvalue weighted by Gasteiger charge is 2.13. The van der Waals surface area contributed by atoms with Crippen LogP contribution in [0.5, 0.6) is 5.75 Å². The summed E-state index contributed by atoms with van der Waals surface area (Å²) in [5.74, 6) is 0.0160. The van der Waals surface area contributed by atoms with Gasteiger partial charge in [-0.25, -0.2) is 4.39 Å². The maximum Gasteiger partial charge on any atom is 0.165 e. The van der Waals surface area contributed by atoms with E-state index in [1.165, 1.54) is 13.2 Å². The minimum atomic E-state index is -0.305. The Bertz CT molecular complexity index is 356. The van der Waals surface area contributed by atoms with Gasteiger partial charge in [-0.05, 0) is 24.1 Å². The highest BCUT2D eigenvalue weighted by atomic mass is 35.5. The largest absolute Gasteiger partial charge is 0.494 e. The van der Waals surface area contributed by atoms with Gasteiger partial charge in [0.25, 0.3) is 0 Å². The minimum absolute atomic E-state index is 0. The van der Waals surface area contributed by atoms with Crippen molar-refractivity contribution >= 4 is 12.4 Å². The van der Waals surface area contributed by atoms with E-state index in [0.29, 0.717) is 11.8 Å². The molecule has 1 aromatic carbocycles. The van der Waals surface area contributed by atoms with Crippen LogP contribution in [0, 0.1) is 5.82 Å². The SMILES string of the molecule is COc1cc(CC2CNCCN2)ccc1F.Cl. The van der Waals surface area contributed by atoms with Crippen LogP contribution in [0.4, 0.5) is 4.39 Å². The van der Waals surface area contributed by atoms with Crippen LogP contribution in [0.25, 0.3) is 0 Å². The number of hydrogen-bond acceptors (Lipinski definition) is 3. The van der Waals surface area contributed by atoms with Crippen LogP contribution in [-0.2, 0) is 6.42 Å². The molecule has 1 aliphatic rings. The summed E-state index contributed by atoms with van der Waals surface area (Å²) < 4.78 is 18.2. The first-order valence-corrected chi connectivity index (χ1v) is 5.56. The predicted octanol–water partition coefficient (Wildman–Crippen LogP) is 1.36. The molecule has 5 heteroatoms. The van der Waals surface area contributed by atoms with Crippen molar-refractivity contribution in [3.8, 4) is 5.75 Å². The second kappa shape index (κ2) is 6.79. The van der Waals surface area contributed by atoms with E-state index in [-0.39, 0.29) is 18.2 Å². The van der Waals surface area contributed by atoms with E-state index in [2.05, 4.69) is 10.6 Å². The van der Waals surface area contributed by atoms with Gasteiger partial charge >= 0.3 is 0 Å². The topological polar surface area (TPSA) is 33.3 Å². The Hall–Kier alpha value is -0.840. The van der Waals surface area contributed by atoms with E-state index in [9.17, 15) is 4.39 Å². The molecule has 1 atom stereocenters. The van der Waals surface area contributed by atoms with Crippen molar-refractivity contribution < 1.29 is 9.13 Å². The summed E-state index contributed by atoms with van der Waals surface area (Å²) in [4.78, 5) is 0. The maximum atomic E-state index is 13.2. The van der Waals surface area contributed by atoms with Gasteiger partial charge in [0, 0.05) is 25.7 Å². The summed E-state index contributed by atoms with van der Waals surface area (Å²) in [5, 5.41) is 6.75. The van der Waals surface area contributed by atoms with Crippen molar-refractivity contribution in [2.75, 3.05) is 26.7 Å². The van der Waals surface area contributed by atoms with Crippen LogP contribution in [0.1, 0.15) is 5.56 Å². The minimum Gasteiger partial charge on any atom is -0.494 e. The van der Waals surface area contributed by atoms with E-state index in [0.717, 1.165) is 31.6 Å². The number of halogens is 2. The third-order valence-electron chi connectivity index (χ3n) is 2.82. The summed E-state index contributed by atoms with van der Waals surface area (Å²) in [6.45, 7) is 2.96. The normalized spacial score (nSPS) is 19.5. The van der Waals surface area contributed by atoms with Crippen molar-refractivity contribution in [3.05, 3.63) is 29.6 Å². The van der Waals surface area contributed by atoms with Crippen molar-refractivity contribution in [2.45, 2.75) is 12.5 Å². The number of benzene rings is 1. The van der Waals surface area contributed by atoms with Gasteiger partial charge in [-0.15, -0.1) is 12.4 Å². The fraction of sp³-hybridized carbons (Fsp3) is 0.500. The molecule has 0 spiro atoms. The van der Waals surface area contributed by atoms with E-state index >= 15 is 0 Å². The molecule has 0 radical (unpaired) electrons. The standard InChI is InChI=1S/C12H17FN2O.ClH/c1-16-12-7-9(2-3-11(12)13)6-10-8-14-4-5-15-10;/h2-3,7,10,14-15H,4-6,8H2,1H3;1H. The second-order valence-electron chi connectivity index (χ2n) is 4.03. The van der Waals surface area contributed by atoms with Gasteiger partial charge in [-0.1, -0.05) is 6.07 Å². The number of ether oxygens (including phenoxy) is 1. The lowest BCUT2D eigenvalue weighted by atomic mass is 10.0. The van der Waals surface area contributed by atoms with Crippen molar-refractivity contribution in [3.63, 3.8) is 0 Å². The zero-order valence-electron chi connectivity index (χ0n) is 9.83. The van der Waals surface area contributed by atoms with Crippen molar-refractivity contribution in [1.29, 1.82) is 0 Å². The van der Waals surface area contributed by atoms with Gasteiger partial charge in [0.05, 0.1) is 7.11 Å². The monoisotopic (exact) mass is 260 g/mol. The molecule has 0 amide bonds. The third kappa shape index (κ3) is 3.84. The van der Waals surface area contributed by atoms with Crippen LogP contribution in [0.2, 0.25) is 0 Å². The van der Waals surface area contributed by atoms with Crippen LogP contribution in [0.3, 0.4) is 0 Å². The Balaban J connectivity index is 0.00000144. The summed E-state index contributed by atoms with van der Waals surface area (Å²) in [5.41, 5.74) is 1.10. The molecular weight excluding hydrogens is 243 g/mol. The molecule has 96 valence electrons. The average Bonchev–Trinajstić information content (AvgIpc) is 2.33. The van der Waals surface area contributed by atoms with Crippen molar-refractivity contribution in [1.82, 2.24) is 10.6 Å². The fourth-order valence-electron chi connectivity index (χ4n) is 1.97. The number of rotatable bonds is 3. The quantitative estimate of drug-likeness (QED) is 0.861. The molecule has 1 aliphatic heterocycles. The lowest BCUT2D eigenvalue weighted by molar-refractivity contribution is 0.384. The summed E-state index contributed by atoms with van der Waals surface area (Å²) in [6.07, 6.45) is 0.893. The van der Waals surface area contributed by atoms with E-state index in [4.69, 9.17) is 4.74 Å². The van der Waals surface area contributed by atoms with Gasteiger partial charge in [-0.2, -0.15) is 0 Å². The summed E-state index contributed by atoms with van der Waals surface area (Å²) >= 11 is 0. The zero-order chi connectivity index (χ0) is 11.4. The van der Waals surface area contributed by atoms with Crippen LogP contribution >= 0.6 is 12.4 Å². The second-order valence-corrected chi connectivity index (χ2v) is 4.03.